The van der Waals surface area contributed by atoms with Crippen LogP contribution in [0.4, 0.5) is 5.69 Å². The second kappa shape index (κ2) is 6.62. The highest BCUT2D eigenvalue weighted by atomic mass is 14.9. The van der Waals surface area contributed by atoms with Crippen molar-refractivity contribution in [2.75, 3.05) is 11.9 Å². The Labute approximate surface area is 123 Å². The van der Waals surface area contributed by atoms with Crippen LogP contribution in [-0.2, 0) is 12.8 Å². The Morgan fingerprint density at radius 3 is 2.80 bits per heavy atom. The van der Waals surface area contributed by atoms with Gasteiger partial charge in [-0.1, -0.05) is 37.8 Å². The van der Waals surface area contributed by atoms with Gasteiger partial charge in [-0.25, -0.2) is 0 Å². The third-order valence-corrected chi connectivity index (χ3v) is 4.80. The maximum absolute atomic E-state index is 3.86. The van der Waals surface area contributed by atoms with E-state index in [1.807, 2.05) is 0 Å². The monoisotopic (exact) mass is 272 g/mol. The Hall–Kier alpha value is -1.02. The summed E-state index contributed by atoms with van der Waals surface area (Å²) >= 11 is 0. The first-order chi connectivity index (χ1) is 9.81. The highest BCUT2D eigenvalue weighted by Gasteiger charge is 2.16. The number of fused-ring (bicyclic) bond motifs is 1. The molecule has 2 N–H and O–H groups in total. The maximum Gasteiger partial charge on any atom is 0.0373 e. The predicted molar refractivity (Wildman–Crippen MR) is 86.4 cm³/mol. The highest BCUT2D eigenvalue weighted by molar-refractivity contribution is 5.56. The number of hydrogen-bond acceptors (Lipinski definition) is 2. The van der Waals surface area contributed by atoms with Crippen LogP contribution in [0.2, 0.25) is 0 Å². The van der Waals surface area contributed by atoms with E-state index in [1.165, 1.54) is 61.8 Å². The Kier molecular flexibility index (Phi) is 4.62. The number of anilines is 1. The van der Waals surface area contributed by atoms with E-state index < -0.39 is 0 Å². The average Bonchev–Trinajstić information content (AvgIpc) is 2.75. The summed E-state index contributed by atoms with van der Waals surface area (Å²) in [5, 5.41) is 7.30. The molecule has 1 heterocycles. The molecule has 1 saturated carbocycles. The zero-order valence-electron chi connectivity index (χ0n) is 12.8. The number of hydrogen-bond donors (Lipinski definition) is 2. The van der Waals surface area contributed by atoms with Crippen LogP contribution in [0.25, 0.3) is 0 Å². The molecule has 2 heteroatoms. The SMILES string of the molecule is CC(Cc1ccc2c(c1)CCN2)NC1CCCCCC1. The Morgan fingerprint density at radius 2 is 2.00 bits per heavy atom. The van der Waals surface area contributed by atoms with Gasteiger partial charge in [0.15, 0.2) is 0 Å². The van der Waals surface area contributed by atoms with Gasteiger partial charge in [0, 0.05) is 24.3 Å². The maximum atomic E-state index is 3.86. The van der Waals surface area contributed by atoms with Gasteiger partial charge >= 0.3 is 0 Å². The average molecular weight is 272 g/mol. The third kappa shape index (κ3) is 3.54. The molecule has 1 atom stereocenters. The van der Waals surface area contributed by atoms with Crippen LogP contribution in [0.3, 0.4) is 0 Å². The van der Waals surface area contributed by atoms with Gasteiger partial charge in [0.2, 0.25) is 0 Å². The van der Waals surface area contributed by atoms with Gasteiger partial charge in [-0.3, -0.25) is 0 Å². The summed E-state index contributed by atoms with van der Waals surface area (Å²) in [5.74, 6) is 0. The summed E-state index contributed by atoms with van der Waals surface area (Å²) in [6.07, 6.45) is 10.8. The molecule has 110 valence electrons. The van der Waals surface area contributed by atoms with Crippen molar-refractivity contribution in [3.63, 3.8) is 0 Å². The summed E-state index contributed by atoms with van der Waals surface area (Å²) in [4.78, 5) is 0. The molecule has 1 aromatic rings. The summed E-state index contributed by atoms with van der Waals surface area (Å²) in [5.41, 5.74) is 4.34. The van der Waals surface area contributed by atoms with Crippen LogP contribution in [0.1, 0.15) is 56.6 Å². The lowest BCUT2D eigenvalue weighted by atomic mass is 10.0. The van der Waals surface area contributed by atoms with Crippen molar-refractivity contribution >= 4 is 5.69 Å². The van der Waals surface area contributed by atoms with E-state index >= 15 is 0 Å². The van der Waals surface area contributed by atoms with Crippen LogP contribution in [0.15, 0.2) is 18.2 Å². The van der Waals surface area contributed by atoms with Gasteiger partial charge in [0.25, 0.3) is 0 Å². The summed E-state index contributed by atoms with van der Waals surface area (Å²) in [7, 11) is 0. The van der Waals surface area contributed by atoms with Crippen LogP contribution in [-0.4, -0.2) is 18.6 Å². The van der Waals surface area contributed by atoms with Crippen molar-refractivity contribution in [2.24, 2.45) is 0 Å². The second-order valence-electron chi connectivity index (χ2n) is 6.63. The number of benzene rings is 1. The van der Waals surface area contributed by atoms with Gasteiger partial charge in [-0.2, -0.15) is 0 Å². The Bertz CT molecular complexity index is 433. The normalized spacial score (nSPS) is 21.1. The first-order valence-corrected chi connectivity index (χ1v) is 8.43. The van der Waals surface area contributed by atoms with E-state index in [1.54, 1.807) is 0 Å². The van der Waals surface area contributed by atoms with E-state index in [-0.39, 0.29) is 0 Å². The van der Waals surface area contributed by atoms with E-state index in [4.69, 9.17) is 0 Å². The molecule has 3 rings (SSSR count). The van der Waals surface area contributed by atoms with Gasteiger partial charge in [-0.15, -0.1) is 0 Å². The number of rotatable bonds is 4. The standard InChI is InChI=1S/C18H28N2/c1-14(20-17-6-4-2-3-5-7-17)12-15-8-9-18-16(13-15)10-11-19-18/h8-9,13-14,17,19-20H,2-7,10-12H2,1H3. The molecular formula is C18H28N2. The molecule has 0 aromatic heterocycles. The van der Waals surface area contributed by atoms with E-state index in [2.05, 4.69) is 35.8 Å². The summed E-state index contributed by atoms with van der Waals surface area (Å²) < 4.78 is 0. The fourth-order valence-corrected chi connectivity index (χ4v) is 3.75. The molecular weight excluding hydrogens is 244 g/mol. The molecule has 2 nitrogen and oxygen atoms in total. The van der Waals surface area contributed by atoms with Crippen LogP contribution < -0.4 is 10.6 Å². The van der Waals surface area contributed by atoms with Crippen molar-refractivity contribution in [3.05, 3.63) is 29.3 Å². The molecule has 0 amide bonds. The minimum atomic E-state index is 0.588. The second-order valence-corrected chi connectivity index (χ2v) is 6.63. The molecule has 1 aliphatic carbocycles. The van der Waals surface area contributed by atoms with Crippen molar-refractivity contribution in [1.29, 1.82) is 0 Å². The summed E-state index contributed by atoms with van der Waals surface area (Å²) in [6.45, 7) is 3.45. The topological polar surface area (TPSA) is 24.1 Å². The molecule has 0 radical (unpaired) electrons. The van der Waals surface area contributed by atoms with Crippen LogP contribution >= 0.6 is 0 Å². The van der Waals surface area contributed by atoms with E-state index in [0.717, 1.165) is 19.0 Å². The minimum Gasteiger partial charge on any atom is -0.384 e. The Balaban J connectivity index is 1.54. The van der Waals surface area contributed by atoms with Crippen molar-refractivity contribution in [2.45, 2.75) is 70.4 Å². The molecule has 0 spiro atoms. The van der Waals surface area contributed by atoms with Crippen LogP contribution in [0, 0.1) is 0 Å². The number of nitrogens with one attached hydrogen (secondary N) is 2. The molecule has 1 unspecified atom stereocenters. The predicted octanol–water partition coefficient (Wildman–Crippen LogP) is 3.90. The third-order valence-electron chi connectivity index (χ3n) is 4.80. The van der Waals surface area contributed by atoms with E-state index in [0.29, 0.717) is 6.04 Å². The lowest BCUT2D eigenvalue weighted by molar-refractivity contribution is 0.406. The Morgan fingerprint density at radius 1 is 1.20 bits per heavy atom. The first kappa shape index (κ1) is 13.9. The minimum absolute atomic E-state index is 0.588. The molecule has 2 aliphatic rings. The van der Waals surface area contributed by atoms with Gasteiger partial charge in [0.05, 0.1) is 0 Å². The van der Waals surface area contributed by atoms with Gasteiger partial charge in [-0.05, 0) is 49.8 Å². The first-order valence-electron chi connectivity index (χ1n) is 8.43. The lowest BCUT2D eigenvalue weighted by Crippen LogP contribution is -2.37. The molecule has 0 bridgehead atoms. The fraction of sp³-hybridized carbons (Fsp3) is 0.667. The molecule has 1 aromatic carbocycles. The van der Waals surface area contributed by atoms with Gasteiger partial charge < -0.3 is 10.6 Å². The summed E-state index contributed by atoms with van der Waals surface area (Å²) in [6, 6.07) is 8.30. The lowest BCUT2D eigenvalue weighted by Gasteiger charge is -2.22. The molecule has 1 aliphatic heterocycles. The fourth-order valence-electron chi connectivity index (χ4n) is 3.75. The molecule has 20 heavy (non-hydrogen) atoms. The smallest absolute Gasteiger partial charge is 0.0373 e. The van der Waals surface area contributed by atoms with Crippen molar-refractivity contribution in [3.8, 4) is 0 Å². The highest BCUT2D eigenvalue weighted by Crippen LogP contribution is 2.24. The zero-order chi connectivity index (χ0) is 13.8. The van der Waals surface area contributed by atoms with Crippen molar-refractivity contribution < 1.29 is 0 Å². The van der Waals surface area contributed by atoms with Crippen molar-refractivity contribution in [1.82, 2.24) is 5.32 Å². The molecule has 0 saturated heterocycles. The zero-order valence-corrected chi connectivity index (χ0v) is 12.8. The van der Waals surface area contributed by atoms with Crippen LogP contribution in [0.5, 0.6) is 0 Å². The largest absolute Gasteiger partial charge is 0.384 e. The quantitative estimate of drug-likeness (QED) is 0.812. The van der Waals surface area contributed by atoms with Gasteiger partial charge in [0.1, 0.15) is 0 Å². The molecule has 1 fully saturated rings. The van der Waals surface area contributed by atoms with E-state index in [9.17, 15) is 0 Å².